The number of ether oxygens (including phenoxy) is 1. The molecular formula is C17H12N4O5. The third kappa shape index (κ3) is 3.09. The van der Waals surface area contributed by atoms with Gasteiger partial charge in [-0.05, 0) is 24.3 Å². The molecule has 26 heavy (non-hydrogen) atoms. The first kappa shape index (κ1) is 15.8. The van der Waals surface area contributed by atoms with E-state index < -0.39 is 5.97 Å². The molecule has 4 rings (SSSR count). The summed E-state index contributed by atoms with van der Waals surface area (Å²) in [6.45, 7) is -0.446. The molecule has 130 valence electrons. The minimum Gasteiger partial charge on any atom is -0.459 e. The molecule has 0 fully saturated rings. The lowest BCUT2D eigenvalue weighted by Crippen LogP contribution is -2.25. The number of para-hydroxylation sites is 1. The van der Waals surface area contributed by atoms with Crippen LogP contribution in [0.1, 0.15) is 5.82 Å². The van der Waals surface area contributed by atoms with Gasteiger partial charge in [0.05, 0.1) is 23.5 Å². The monoisotopic (exact) mass is 352 g/mol. The molecule has 0 saturated heterocycles. The number of nitrogens with zero attached hydrogens (tertiary/aromatic N) is 4. The topological polar surface area (TPSA) is 113 Å². The summed E-state index contributed by atoms with van der Waals surface area (Å²) in [7, 11) is 0. The van der Waals surface area contributed by atoms with Gasteiger partial charge in [-0.15, -0.1) is 0 Å². The van der Waals surface area contributed by atoms with E-state index >= 15 is 0 Å². The molecule has 1 aromatic carbocycles. The van der Waals surface area contributed by atoms with Crippen LogP contribution in [0.3, 0.4) is 0 Å². The summed E-state index contributed by atoms with van der Waals surface area (Å²) < 4.78 is 16.4. The van der Waals surface area contributed by atoms with Crippen molar-refractivity contribution in [3.63, 3.8) is 0 Å². The van der Waals surface area contributed by atoms with E-state index in [0.717, 1.165) is 0 Å². The summed E-state index contributed by atoms with van der Waals surface area (Å²) in [5, 5.41) is 4.14. The first-order valence-electron chi connectivity index (χ1n) is 7.67. The number of esters is 1. The number of fused-ring (bicyclic) bond motifs is 1. The Hall–Kier alpha value is -3.75. The van der Waals surface area contributed by atoms with Crippen molar-refractivity contribution in [1.82, 2.24) is 19.7 Å². The number of aromatic nitrogens is 4. The second-order valence-corrected chi connectivity index (χ2v) is 5.35. The molecular weight excluding hydrogens is 340 g/mol. The van der Waals surface area contributed by atoms with Crippen molar-refractivity contribution in [1.29, 1.82) is 0 Å². The van der Waals surface area contributed by atoms with E-state index in [2.05, 4.69) is 15.1 Å². The molecule has 0 unspecified atom stereocenters. The molecule has 4 aromatic rings. The Morgan fingerprint density at radius 2 is 2.08 bits per heavy atom. The average molecular weight is 352 g/mol. The lowest BCUT2D eigenvalue weighted by molar-refractivity contribution is -0.146. The van der Waals surface area contributed by atoms with Gasteiger partial charge in [0, 0.05) is 0 Å². The van der Waals surface area contributed by atoms with Crippen LogP contribution >= 0.6 is 0 Å². The van der Waals surface area contributed by atoms with E-state index in [-0.39, 0.29) is 30.4 Å². The van der Waals surface area contributed by atoms with Crippen molar-refractivity contribution < 1.29 is 18.5 Å². The minimum absolute atomic E-state index is 0.182. The third-order valence-electron chi connectivity index (χ3n) is 3.59. The van der Waals surface area contributed by atoms with Gasteiger partial charge in [0.25, 0.3) is 11.4 Å². The number of hydrogen-bond acceptors (Lipinski definition) is 8. The number of carbonyl (C=O) groups is 1. The molecule has 3 aromatic heterocycles. The van der Waals surface area contributed by atoms with Crippen LogP contribution in [0.25, 0.3) is 22.6 Å². The number of benzene rings is 1. The Labute approximate surface area is 145 Å². The molecule has 3 heterocycles. The Balaban J connectivity index is 1.42. The van der Waals surface area contributed by atoms with E-state index in [1.54, 1.807) is 36.4 Å². The van der Waals surface area contributed by atoms with Crippen molar-refractivity contribution >= 4 is 16.9 Å². The Morgan fingerprint density at radius 1 is 1.19 bits per heavy atom. The first-order chi connectivity index (χ1) is 12.7. The first-order valence-corrected chi connectivity index (χ1v) is 7.67. The van der Waals surface area contributed by atoms with Crippen molar-refractivity contribution in [2.45, 2.75) is 13.2 Å². The summed E-state index contributed by atoms with van der Waals surface area (Å²) in [6.07, 6.45) is 2.80. The second-order valence-electron chi connectivity index (χ2n) is 5.35. The quantitative estimate of drug-likeness (QED) is 0.499. The van der Waals surface area contributed by atoms with Crippen molar-refractivity contribution in [3.05, 3.63) is 65.2 Å². The zero-order valence-electron chi connectivity index (χ0n) is 13.4. The molecule has 0 spiro atoms. The Kier molecular flexibility index (Phi) is 4.02. The molecule has 0 aliphatic heterocycles. The maximum atomic E-state index is 12.3. The van der Waals surface area contributed by atoms with Gasteiger partial charge in [-0.3, -0.25) is 14.2 Å². The van der Waals surface area contributed by atoms with Crippen molar-refractivity contribution in [2.75, 3.05) is 0 Å². The molecule has 0 atom stereocenters. The highest BCUT2D eigenvalue weighted by atomic mass is 16.5. The van der Waals surface area contributed by atoms with Gasteiger partial charge in [0.1, 0.15) is 6.54 Å². The van der Waals surface area contributed by atoms with Gasteiger partial charge in [-0.1, -0.05) is 17.3 Å². The highest BCUT2D eigenvalue weighted by Gasteiger charge is 2.14. The maximum Gasteiger partial charge on any atom is 0.326 e. The molecule has 0 aliphatic carbocycles. The SMILES string of the molecule is O=C(Cn1cnc2ccccc2c1=O)OCc1noc(-c2ccco2)n1. The molecule has 0 bridgehead atoms. The number of furan rings is 1. The summed E-state index contributed by atoms with van der Waals surface area (Å²) >= 11 is 0. The summed E-state index contributed by atoms with van der Waals surface area (Å²) in [5.41, 5.74) is 0.256. The fraction of sp³-hybridized carbons (Fsp3) is 0.118. The fourth-order valence-corrected chi connectivity index (χ4v) is 2.36. The highest BCUT2D eigenvalue weighted by Crippen LogP contribution is 2.17. The predicted octanol–water partition coefficient (Wildman–Crippen LogP) is 1.78. The zero-order chi connectivity index (χ0) is 17.9. The van der Waals surface area contributed by atoms with E-state index in [1.165, 1.54) is 17.2 Å². The number of hydrogen-bond donors (Lipinski definition) is 0. The normalized spacial score (nSPS) is 10.9. The molecule has 0 radical (unpaired) electrons. The summed E-state index contributed by atoms with van der Waals surface area (Å²) in [4.78, 5) is 32.5. The van der Waals surface area contributed by atoms with Crippen LogP contribution in [-0.2, 0) is 22.7 Å². The van der Waals surface area contributed by atoms with Crippen LogP contribution in [0.15, 0.2) is 62.7 Å². The van der Waals surface area contributed by atoms with Crippen LogP contribution < -0.4 is 5.56 Å². The van der Waals surface area contributed by atoms with Gasteiger partial charge in [0.15, 0.2) is 12.4 Å². The number of rotatable bonds is 5. The second kappa shape index (κ2) is 6.63. The third-order valence-corrected chi connectivity index (χ3v) is 3.59. The average Bonchev–Trinajstić information content (AvgIpc) is 3.34. The van der Waals surface area contributed by atoms with E-state index in [9.17, 15) is 9.59 Å². The molecule has 0 N–H and O–H groups in total. The smallest absolute Gasteiger partial charge is 0.326 e. The van der Waals surface area contributed by atoms with Gasteiger partial charge < -0.3 is 13.7 Å². The lowest BCUT2D eigenvalue weighted by atomic mass is 10.2. The van der Waals surface area contributed by atoms with Gasteiger partial charge in [-0.25, -0.2) is 4.98 Å². The molecule has 0 saturated carbocycles. The molecule has 9 nitrogen and oxygen atoms in total. The van der Waals surface area contributed by atoms with Crippen molar-refractivity contribution in [2.24, 2.45) is 0 Å². The Morgan fingerprint density at radius 3 is 2.92 bits per heavy atom. The standard InChI is InChI=1S/C17H12N4O5/c22-15(8-21-10-18-12-5-2-1-4-11(12)17(21)23)25-9-14-19-16(26-20-14)13-6-3-7-24-13/h1-7,10H,8-9H2. The zero-order valence-corrected chi connectivity index (χ0v) is 13.4. The largest absolute Gasteiger partial charge is 0.459 e. The van der Waals surface area contributed by atoms with Gasteiger partial charge in [-0.2, -0.15) is 4.98 Å². The Bertz CT molecular complexity index is 1110. The summed E-state index contributed by atoms with van der Waals surface area (Å²) in [5.74, 6) is 0.183. The maximum absolute atomic E-state index is 12.3. The van der Waals surface area contributed by atoms with Gasteiger partial charge >= 0.3 is 5.97 Å². The van der Waals surface area contributed by atoms with Gasteiger partial charge in [0.2, 0.25) is 5.82 Å². The molecule has 0 aliphatic rings. The minimum atomic E-state index is -0.617. The van der Waals surface area contributed by atoms with Crippen LogP contribution in [0.5, 0.6) is 0 Å². The van der Waals surface area contributed by atoms with Crippen LogP contribution in [0.2, 0.25) is 0 Å². The highest BCUT2D eigenvalue weighted by molar-refractivity contribution is 5.77. The van der Waals surface area contributed by atoms with Crippen LogP contribution in [-0.4, -0.2) is 25.7 Å². The van der Waals surface area contributed by atoms with E-state index in [4.69, 9.17) is 13.7 Å². The molecule has 0 amide bonds. The summed E-state index contributed by atoms with van der Waals surface area (Å²) in [6, 6.07) is 10.3. The number of carbonyl (C=O) groups excluding carboxylic acids is 1. The fourth-order valence-electron chi connectivity index (χ4n) is 2.36. The van der Waals surface area contributed by atoms with E-state index in [0.29, 0.717) is 16.7 Å². The van der Waals surface area contributed by atoms with Crippen LogP contribution in [0, 0.1) is 0 Å². The van der Waals surface area contributed by atoms with Crippen molar-refractivity contribution in [3.8, 4) is 11.7 Å². The molecule has 9 heteroatoms. The van der Waals surface area contributed by atoms with Crippen LogP contribution in [0.4, 0.5) is 0 Å². The lowest BCUT2D eigenvalue weighted by Gasteiger charge is -2.06. The predicted molar refractivity (Wildman–Crippen MR) is 87.8 cm³/mol. The van der Waals surface area contributed by atoms with E-state index in [1.807, 2.05) is 0 Å².